The SMILES string of the molecule is [C]#Cc1ccc(Br)cc1Br. The van der Waals surface area contributed by atoms with Gasteiger partial charge in [-0.15, -0.1) is 0 Å². The Morgan fingerprint density at radius 2 is 2.00 bits per heavy atom. The maximum Gasteiger partial charge on any atom is 0.0398 e. The zero-order valence-electron chi connectivity index (χ0n) is 4.99. The third-order valence-corrected chi connectivity index (χ3v) is 2.22. The number of halogens is 2. The molecule has 0 bridgehead atoms. The summed E-state index contributed by atoms with van der Waals surface area (Å²) in [6, 6.07) is 5.58. The van der Waals surface area contributed by atoms with Crippen LogP contribution in [0, 0.1) is 12.3 Å². The molecular formula is C8H3Br2. The Hall–Kier alpha value is -0.260. The van der Waals surface area contributed by atoms with E-state index in [0.717, 1.165) is 14.5 Å². The smallest absolute Gasteiger partial charge is 0.0398 e. The normalized spacial score (nSPS) is 8.90. The van der Waals surface area contributed by atoms with Crippen LogP contribution in [-0.4, -0.2) is 0 Å². The molecule has 0 saturated carbocycles. The topological polar surface area (TPSA) is 0 Å². The van der Waals surface area contributed by atoms with Crippen LogP contribution < -0.4 is 0 Å². The first-order valence-electron chi connectivity index (χ1n) is 2.62. The van der Waals surface area contributed by atoms with Crippen molar-refractivity contribution >= 4 is 31.9 Å². The van der Waals surface area contributed by atoms with Crippen molar-refractivity contribution in [2.24, 2.45) is 0 Å². The molecule has 0 N–H and O–H groups in total. The predicted octanol–water partition coefficient (Wildman–Crippen LogP) is 3.15. The molecule has 0 aromatic heterocycles. The predicted molar refractivity (Wildman–Crippen MR) is 48.1 cm³/mol. The Morgan fingerprint density at radius 1 is 1.30 bits per heavy atom. The molecule has 0 aliphatic heterocycles. The Balaban J connectivity index is 3.23. The van der Waals surface area contributed by atoms with E-state index in [9.17, 15) is 0 Å². The van der Waals surface area contributed by atoms with Gasteiger partial charge in [0, 0.05) is 14.5 Å². The van der Waals surface area contributed by atoms with Gasteiger partial charge in [-0.1, -0.05) is 21.9 Å². The number of benzene rings is 1. The van der Waals surface area contributed by atoms with Gasteiger partial charge in [0.1, 0.15) is 0 Å². The minimum absolute atomic E-state index is 0.767. The van der Waals surface area contributed by atoms with Gasteiger partial charge in [-0.3, -0.25) is 0 Å². The summed E-state index contributed by atoms with van der Waals surface area (Å²) in [5, 5.41) is 0. The first-order valence-corrected chi connectivity index (χ1v) is 4.20. The van der Waals surface area contributed by atoms with Crippen LogP contribution in [0.5, 0.6) is 0 Å². The molecular weight excluding hydrogens is 256 g/mol. The van der Waals surface area contributed by atoms with Crippen LogP contribution >= 0.6 is 31.9 Å². The van der Waals surface area contributed by atoms with E-state index in [4.69, 9.17) is 6.42 Å². The Bertz CT molecular complexity index is 284. The lowest BCUT2D eigenvalue weighted by Crippen LogP contribution is -1.74. The average molecular weight is 259 g/mol. The number of rotatable bonds is 0. The second kappa shape index (κ2) is 3.23. The zero-order valence-corrected chi connectivity index (χ0v) is 8.16. The van der Waals surface area contributed by atoms with Gasteiger partial charge in [0.05, 0.1) is 0 Å². The van der Waals surface area contributed by atoms with E-state index >= 15 is 0 Å². The Labute approximate surface area is 76.9 Å². The molecule has 0 aliphatic rings. The van der Waals surface area contributed by atoms with E-state index in [-0.39, 0.29) is 0 Å². The van der Waals surface area contributed by atoms with Crippen LogP contribution in [0.2, 0.25) is 0 Å². The van der Waals surface area contributed by atoms with Crippen molar-refractivity contribution in [2.75, 3.05) is 0 Å². The van der Waals surface area contributed by atoms with E-state index in [1.54, 1.807) is 0 Å². The highest BCUT2D eigenvalue weighted by Gasteiger charge is 1.94. The molecule has 0 saturated heterocycles. The zero-order chi connectivity index (χ0) is 7.56. The number of hydrogen-bond donors (Lipinski definition) is 0. The van der Waals surface area contributed by atoms with Crippen LogP contribution in [0.3, 0.4) is 0 Å². The minimum Gasteiger partial charge on any atom is -0.0516 e. The third-order valence-electron chi connectivity index (χ3n) is 1.07. The van der Waals surface area contributed by atoms with E-state index in [1.807, 2.05) is 18.2 Å². The second-order valence-corrected chi connectivity index (χ2v) is 3.52. The van der Waals surface area contributed by atoms with Gasteiger partial charge in [0.2, 0.25) is 0 Å². The maximum atomic E-state index is 6.86. The third kappa shape index (κ3) is 1.62. The molecule has 49 valence electrons. The lowest BCUT2D eigenvalue weighted by Gasteiger charge is -1.94. The largest absolute Gasteiger partial charge is 0.0516 e. The van der Waals surface area contributed by atoms with E-state index in [2.05, 4.69) is 37.8 Å². The lowest BCUT2D eigenvalue weighted by molar-refractivity contribution is 1.55. The quantitative estimate of drug-likeness (QED) is 0.628. The summed E-state index contributed by atoms with van der Waals surface area (Å²) in [4.78, 5) is 0. The van der Waals surface area contributed by atoms with Crippen molar-refractivity contribution < 1.29 is 0 Å². The fourth-order valence-electron chi connectivity index (χ4n) is 0.591. The minimum atomic E-state index is 0.767. The molecule has 1 aromatic rings. The summed E-state index contributed by atoms with van der Waals surface area (Å²) in [5.74, 6) is 2.30. The summed E-state index contributed by atoms with van der Waals surface area (Å²) < 4.78 is 1.88. The van der Waals surface area contributed by atoms with Gasteiger partial charge in [0.25, 0.3) is 0 Å². The van der Waals surface area contributed by atoms with Crippen LogP contribution in [0.1, 0.15) is 5.56 Å². The molecule has 1 aromatic carbocycles. The summed E-state index contributed by atoms with van der Waals surface area (Å²) in [5.41, 5.74) is 0.767. The molecule has 0 nitrogen and oxygen atoms in total. The van der Waals surface area contributed by atoms with Crippen molar-refractivity contribution in [3.8, 4) is 5.92 Å². The van der Waals surface area contributed by atoms with Crippen LogP contribution in [0.25, 0.3) is 0 Å². The fraction of sp³-hybridized carbons (Fsp3) is 0. The number of hydrogen-bond acceptors (Lipinski definition) is 0. The van der Waals surface area contributed by atoms with Gasteiger partial charge in [-0.05, 0) is 40.6 Å². The molecule has 10 heavy (non-hydrogen) atoms. The summed E-state index contributed by atoms with van der Waals surface area (Å²) in [7, 11) is 0. The highest BCUT2D eigenvalue weighted by Crippen LogP contribution is 2.20. The highest BCUT2D eigenvalue weighted by molar-refractivity contribution is 9.11. The highest BCUT2D eigenvalue weighted by atomic mass is 79.9. The van der Waals surface area contributed by atoms with Gasteiger partial charge in [0.15, 0.2) is 0 Å². The van der Waals surface area contributed by atoms with Gasteiger partial charge in [-0.25, -0.2) is 0 Å². The second-order valence-electron chi connectivity index (χ2n) is 1.75. The van der Waals surface area contributed by atoms with Crippen LogP contribution in [0.4, 0.5) is 0 Å². The first-order chi connectivity index (χ1) is 4.74. The van der Waals surface area contributed by atoms with Crippen molar-refractivity contribution in [3.05, 3.63) is 39.1 Å². The average Bonchev–Trinajstić information content (AvgIpc) is 1.88. The summed E-state index contributed by atoms with van der Waals surface area (Å²) >= 11 is 6.60. The fourth-order valence-corrected chi connectivity index (χ4v) is 1.74. The van der Waals surface area contributed by atoms with Crippen molar-refractivity contribution in [1.29, 1.82) is 0 Å². The van der Waals surface area contributed by atoms with Gasteiger partial charge >= 0.3 is 0 Å². The first kappa shape index (κ1) is 7.84. The van der Waals surface area contributed by atoms with Crippen LogP contribution in [-0.2, 0) is 0 Å². The Morgan fingerprint density at radius 3 is 2.50 bits per heavy atom. The molecule has 0 atom stereocenters. The van der Waals surface area contributed by atoms with E-state index < -0.39 is 0 Å². The molecule has 0 heterocycles. The van der Waals surface area contributed by atoms with Gasteiger partial charge < -0.3 is 0 Å². The van der Waals surface area contributed by atoms with Gasteiger partial charge in [-0.2, -0.15) is 0 Å². The molecule has 1 rings (SSSR count). The molecule has 1 radical (unpaired) electrons. The van der Waals surface area contributed by atoms with Crippen LogP contribution in [0.15, 0.2) is 27.1 Å². The monoisotopic (exact) mass is 257 g/mol. The molecule has 0 spiro atoms. The standard InChI is InChI=1S/C8H3Br2/c1-2-6-3-4-7(9)5-8(6)10/h3-5H. The Kier molecular flexibility index (Phi) is 2.53. The van der Waals surface area contributed by atoms with Crippen molar-refractivity contribution in [3.63, 3.8) is 0 Å². The van der Waals surface area contributed by atoms with Crippen molar-refractivity contribution in [1.82, 2.24) is 0 Å². The van der Waals surface area contributed by atoms with Crippen molar-refractivity contribution in [2.45, 2.75) is 0 Å². The van der Waals surface area contributed by atoms with E-state index in [0.29, 0.717) is 0 Å². The summed E-state index contributed by atoms with van der Waals surface area (Å²) in [6.07, 6.45) is 6.86. The summed E-state index contributed by atoms with van der Waals surface area (Å²) in [6.45, 7) is 0. The molecule has 0 amide bonds. The molecule has 0 fully saturated rings. The molecule has 0 unspecified atom stereocenters. The maximum absolute atomic E-state index is 6.86. The lowest BCUT2D eigenvalue weighted by atomic mass is 10.2. The molecule has 0 aliphatic carbocycles. The van der Waals surface area contributed by atoms with E-state index in [1.165, 1.54) is 0 Å². The molecule has 2 heteroatoms.